The van der Waals surface area contributed by atoms with E-state index in [1.807, 2.05) is 12.1 Å². The van der Waals surface area contributed by atoms with Crippen LogP contribution in [0.25, 0.3) is 0 Å². The number of hydrogen-bond acceptors (Lipinski definition) is 4. The molecule has 1 aromatic heterocycles. The average molecular weight is 298 g/mol. The fourth-order valence-corrected chi connectivity index (χ4v) is 5.21. The average Bonchev–Trinajstić information content (AvgIpc) is 2.99. The minimum absolute atomic E-state index is 0.182. The van der Waals surface area contributed by atoms with Crippen molar-refractivity contribution in [1.82, 2.24) is 9.21 Å². The minimum atomic E-state index is -3.11. The summed E-state index contributed by atoms with van der Waals surface area (Å²) in [4.78, 5) is 2.33. The van der Waals surface area contributed by atoms with Crippen LogP contribution in [-0.4, -0.2) is 49.1 Å². The van der Waals surface area contributed by atoms with E-state index >= 15 is 0 Å². The molecule has 0 N–H and O–H groups in total. The lowest BCUT2D eigenvalue weighted by molar-refractivity contribution is 0.0795. The van der Waals surface area contributed by atoms with E-state index < -0.39 is 10.0 Å². The molecule has 2 fully saturated rings. The van der Waals surface area contributed by atoms with Crippen LogP contribution < -0.4 is 0 Å². The third-order valence-electron chi connectivity index (χ3n) is 4.53. The number of hydrogen-bond donors (Lipinski definition) is 0. The van der Waals surface area contributed by atoms with E-state index in [0.29, 0.717) is 6.54 Å². The van der Waals surface area contributed by atoms with Crippen LogP contribution in [0.3, 0.4) is 0 Å². The second-order valence-electron chi connectivity index (χ2n) is 6.06. The van der Waals surface area contributed by atoms with Crippen molar-refractivity contribution < 1.29 is 12.8 Å². The van der Waals surface area contributed by atoms with Crippen LogP contribution in [0.5, 0.6) is 0 Å². The summed E-state index contributed by atoms with van der Waals surface area (Å²) >= 11 is 0. The highest BCUT2D eigenvalue weighted by Crippen LogP contribution is 2.39. The van der Waals surface area contributed by atoms with Gasteiger partial charge in [-0.1, -0.05) is 0 Å². The Morgan fingerprint density at radius 1 is 1.30 bits per heavy atom. The number of sulfonamides is 1. The van der Waals surface area contributed by atoms with Gasteiger partial charge in [0.2, 0.25) is 10.0 Å². The molecule has 20 heavy (non-hydrogen) atoms. The first-order valence-corrected chi connectivity index (χ1v) is 9.07. The van der Waals surface area contributed by atoms with Crippen molar-refractivity contribution in [3.05, 3.63) is 24.2 Å². The standard InChI is InChI=1S/C14H22N2O3S/c1-20(17,18)16-9-4-7-14(16)6-3-8-15(12-14)11-13-5-2-10-19-13/h2,5,10H,3-4,6-9,11-12H2,1H3/t14-/m0/s1. The number of furan rings is 1. The third kappa shape index (κ3) is 2.64. The highest BCUT2D eigenvalue weighted by Gasteiger charge is 2.47. The predicted molar refractivity (Wildman–Crippen MR) is 76.7 cm³/mol. The summed E-state index contributed by atoms with van der Waals surface area (Å²) in [5, 5.41) is 0. The van der Waals surface area contributed by atoms with Crippen molar-refractivity contribution in [2.45, 2.75) is 37.8 Å². The van der Waals surface area contributed by atoms with Gasteiger partial charge in [-0.2, -0.15) is 4.31 Å². The molecule has 1 aromatic rings. The van der Waals surface area contributed by atoms with E-state index in [0.717, 1.165) is 51.1 Å². The Balaban J connectivity index is 1.77. The Morgan fingerprint density at radius 2 is 2.05 bits per heavy atom. The smallest absolute Gasteiger partial charge is 0.211 e. The molecule has 0 unspecified atom stereocenters. The monoisotopic (exact) mass is 298 g/mol. The molecule has 1 spiro atoms. The van der Waals surface area contributed by atoms with Gasteiger partial charge in [0.15, 0.2) is 0 Å². The van der Waals surface area contributed by atoms with Gasteiger partial charge in [0.25, 0.3) is 0 Å². The SMILES string of the molecule is CS(=O)(=O)N1CCC[C@]12CCCN(Cc1ccco1)C2. The zero-order valence-corrected chi connectivity index (χ0v) is 12.7. The van der Waals surface area contributed by atoms with Gasteiger partial charge in [0, 0.05) is 18.6 Å². The van der Waals surface area contributed by atoms with Crippen molar-refractivity contribution in [1.29, 1.82) is 0 Å². The van der Waals surface area contributed by atoms with Crippen LogP contribution in [0, 0.1) is 0 Å². The van der Waals surface area contributed by atoms with Gasteiger partial charge in [0.05, 0.1) is 19.1 Å². The molecule has 0 aliphatic carbocycles. The topological polar surface area (TPSA) is 53.8 Å². The van der Waals surface area contributed by atoms with Gasteiger partial charge in [-0.25, -0.2) is 8.42 Å². The van der Waals surface area contributed by atoms with Crippen molar-refractivity contribution in [2.75, 3.05) is 25.9 Å². The van der Waals surface area contributed by atoms with Gasteiger partial charge >= 0.3 is 0 Å². The lowest BCUT2D eigenvalue weighted by atomic mass is 9.87. The summed E-state index contributed by atoms with van der Waals surface area (Å²) in [5.41, 5.74) is -0.182. The molecule has 112 valence electrons. The zero-order valence-electron chi connectivity index (χ0n) is 11.9. The number of likely N-dealkylation sites (tertiary alicyclic amines) is 1. The van der Waals surface area contributed by atoms with Crippen LogP contribution >= 0.6 is 0 Å². The van der Waals surface area contributed by atoms with Crippen molar-refractivity contribution in [3.8, 4) is 0 Å². The molecule has 3 rings (SSSR count). The van der Waals surface area contributed by atoms with Crippen LogP contribution in [0.15, 0.2) is 22.8 Å². The lowest BCUT2D eigenvalue weighted by Gasteiger charge is -2.44. The van der Waals surface area contributed by atoms with Crippen LogP contribution in [0.2, 0.25) is 0 Å². The van der Waals surface area contributed by atoms with E-state index in [-0.39, 0.29) is 5.54 Å². The van der Waals surface area contributed by atoms with E-state index in [4.69, 9.17) is 4.42 Å². The maximum Gasteiger partial charge on any atom is 0.211 e. The number of rotatable bonds is 3. The first-order valence-electron chi connectivity index (χ1n) is 7.22. The van der Waals surface area contributed by atoms with Gasteiger partial charge in [-0.05, 0) is 44.4 Å². The van der Waals surface area contributed by atoms with Crippen LogP contribution in [0.1, 0.15) is 31.4 Å². The Labute approximate surface area is 120 Å². The Morgan fingerprint density at radius 3 is 2.70 bits per heavy atom. The van der Waals surface area contributed by atoms with Crippen LogP contribution in [-0.2, 0) is 16.6 Å². The first kappa shape index (κ1) is 14.1. The summed E-state index contributed by atoms with van der Waals surface area (Å²) in [6.45, 7) is 3.28. The largest absolute Gasteiger partial charge is 0.468 e. The second-order valence-corrected chi connectivity index (χ2v) is 7.96. The summed E-state index contributed by atoms with van der Waals surface area (Å²) in [5.74, 6) is 0.950. The first-order chi connectivity index (χ1) is 9.50. The second kappa shape index (κ2) is 5.16. The summed E-state index contributed by atoms with van der Waals surface area (Å²) in [6.07, 6.45) is 7.01. The van der Waals surface area contributed by atoms with Gasteiger partial charge in [0.1, 0.15) is 5.76 Å². The molecule has 2 saturated heterocycles. The molecular formula is C14H22N2O3S. The lowest BCUT2D eigenvalue weighted by Crippen LogP contribution is -2.56. The molecule has 0 saturated carbocycles. The van der Waals surface area contributed by atoms with Gasteiger partial charge in [-0.3, -0.25) is 4.90 Å². The van der Waals surface area contributed by atoms with Crippen molar-refractivity contribution in [2.24, 2.45) is 0 Å². The fraction of sp³-hybridized carbons (Fsp3) is 0.714. The van der Waals surface area contributed by atoms with Gasteiger partial charge in [-0.15, -0.1) is 0 Å². The summed E-state index contributed by atoms with van der Waals surface area (Å²) in [7, 11) is -3.11. The molecule has 3 heterocycles. The summed E-state index contributed by atoms with van der Waals surface area (Å²) in [6, 6.07) is 3.87. The van der Waals surface area contributed by atoms with Gasteiger partial charge < -0.3 is 4.42 Å². The van der Waals surface area contributed by atoms with E-state index in [9.17, 15) is 8.42 Å². The quantitative estimate of drug-likeness (QED) is 0.852. The number of piperidine rings is 1. The Bertz CT molecular complexity index is 555. The molecular weight excluding hydrogens is 276 g/mol. The molecule has 2 aliphatic rings. The van der Waals surface area contributed by atoms with E-state index in [1.54, 1.807) is 10.6 Å². The number of nitrogens with zero attached hydrogens (tertiary/aromatic N) is 2. The van der Waals surface area contributed by atoms with Crippen LogP contribution in [0.4, 0.5) is 0 Å². The molecule has 2 aliphatic heterocycles. The minimum Gasteiger partial charge on any atom is -0.468 e. The molecule has 1 atom stereocenters. The third-order valence-corrected chi connectivity index (χ3v) is 5.90. The molecule has 0 aromatic carbocycles. The zero-order chi connectivity index (χ0) is 14.2. The van der Waals surface area contributed by atoms with E-state index in [2.05, 4.69) is 4.90 Å². The summed E-state index contributed by atoms with van der Waals surface area (Å²) < 4.78 is 31.2. The molecule has 6 heteroatoms. The van der Waals surface area contributed by atoms with Crippen molar-refractivity contribution >= 4 is 10.0 Å². The highest BCUT2D eigenvalue weighted by atomic mass is 32.2. The maximum absolute atomic E-state index is 12.0. The normalized spacial score (nSPS) is 29.2. The molecule has 0 amide bonds. The molecule has 5 nitrogen and oxygen atoms in total. The predicted octanol–water partition coefficient (Wildman–Crippen LogP) is 1.67. The Kier molecular flexibility index (Phi) is 3.64. The van der Waals surface area contributed by atoms with Crippen molar-refractivity contribution in [3.63, 3.8) is 0 Å². The Hall–Kier alpha value is -0.850. The van der Waals surface area contributed by atoms with E-state index in [1.165, 1.54) is 6.26 Å². The maximum atomic E-state index is 12.0. The molecule has 0 radical (unpaired) electrons. The molecule has 0 bridgehead atoms. The highest BCUT2D eigenvalue weighted by molar-refractivity contribution is 7.88. The fourth-order valence-electron chi connectivity index (χ4n) is 3.80.